The average Bonchev–Trinajstić information content (AvgIpc) is 3.04. The van der Waals surface area contributed by atoms with Crippen LogP contribution in [0.5, 0.6) is 0 Å². The Morgan fingerprint density at radius 3 is 1.60 bits per heavy atom. The van der Waals surface area contributed by atoms with Gasteiger partial charge in [0.15, 0.2) is 0 Å². The summed E-state index contributed by atoms with van der Waals surface area (Å²) in [7, 11) is 0. The van der Waals surface area contributed by atoms with Crippen molar-refractivity contribution in [1.82, 2.24) is 4.57 Å². The van der Waals surface area contributed by atoms with Gasteiger partial charge in [0.2, 0.25) is 0 Å². The normalized spacial score (nSPS) is 10.7. The molecule has 0 aliphatic rings. The van der Waals surface area contributed by atoms with Crippen molar-refractivity contribution in [3.63, 3.8) is 0 Å². The standard InChI is InChI=1S/C25H32N2O.CH4.W/c1-12-13(2)18(7)22(19(8)14(12)3)11-27-23(25(26)28)10-21-17(6)15(4)16(5)20(9)24(21)27;;/h10H,11H2,1-9H3,(H2,26,28);1H4;/p-1. The zero-order valence-electron chi connectivity index (χ0n) is 19.0. The van der Waals surface area contributed by atoms with Gasteiger partial charge in [-0.1, -0.05) is 7.43 Å². The van der Waals surface area contributed by atoms with E-state index in [1.54, 1.807) is 0 Å². The summed E-state index contributed by atoms with van der Waals surface area (Å²) < 4.78 is 2.07. The van der Waals surface area contributed by atoms with E-state index in [1.165, 1.54) is 55.6 Å². The summed E-state index contributed by atoms with van der Waals surface area (Å²) in [5, 5.41) is 1.09. The summed E-state index contributed by atoms with van der Waals surface area (Å²) in [6, 6.07) is 1.91. The quantitative estimate of drug-likeness (QED) is 0.324. The molecule has 1 amide bonds. The first-order chi connectivity index (χ1) is 13.0. The van der Waals surface area contributed by atoms with Gasteiger partial charge in [0.1, 0.15) is 0 Å². The maximum Gasteiger partial charge on any atom is 0.0964 e. The molecule has 0 aliphatic carbocycles. The van der Waals surface area contributed by atoms with Gasteiger partial charge in [-0.05, 0) is 124 Å². The molecule has 1 aromatic heterocycles. The van der Waals surface area contributed by atoms with Crippen LogP contribution < -0.4 is 0 Å². The van der Waals surface area contributed by atoms with E-state index in [0.29, 0.717) is 12.2 Å². The molecule has 3 rings (SSSR count). The van der Waals surface area contributed by atoms with Crippen molar-refractivity contribution in [1.29, 1.82) is 0 Å². The SMILES string of the molecule is C.Cc1c(C)c(C)c(Cn2c(C([NH-])=O)cc3c(C)c(C)c(C)c(C)c32)c(C)c1C.[W]. The summed E-state index contributed by atoms with van der Waals surface area (Å²) in [5.41, 5.74) is 22.1. The van der Waals surface area contributed by atoms with Crippen molar-refractivity contribution in [2.75, 3.05) is 0 Å². The number of nitrogens with one attached hydrogen (secondary N) is 1. The molecule has 3 aromatic rings. The van der Waals surface area contributed by atoms with Crippen LogP contribution in [0.1, 0.15) is 73.5 Å². The third-order valence-corrected chi connectivity index (χ3v) is 7.25. The molecule has 1 N–H and O–H groups in total. The molecule has 3 nitrogen and oxygen atoms in total. The Morgan fingerprint density at radius 1 is 0.733 bits per heavy atom. The van der Waals surface area contributed by atoms with E-state index in [0.717, 1.165) is 10.9 Å². The van der Waals surface area contributed by atoms with Crippen LogP contribution in [0.15, 0.2) is 6.07 Å². The number of carbonyl (C=O) groups excluding carboxylic acids is 1. The minimum atomic E-state index is -0.624. The van der Waals surface area contributed by atoms with Crippen LogP contribution in [-0.4, -0.2) is 10.5 Å². The summed E-state index contributed by atoms with van der Waals surface area (Å²) in [5.74, 6) is -0.624. The molecule has 0 aliphatic heterocycles. The van der Waals surface area contributed by atoms with Crippen LogP contribution in [0.3, 0.4) is 0 Å². The summed E-state index contributed by atoms with van der Waals surface area (Å²) in [4.78, 5) is 12.2. The van der Waals surface area contributed by atoms with Gasteiger partial charge in [0.05, 0.1) is 17.1 Å². The van der Waals surface area contributed by atoms with E-state index >= 15 is 0 Å². The number of aryl methyl sites for hydroxylation is 2. The van der Waals surface area contributed by atoms with E-state index < -0.39 is 5.91 Å². The first-order valence-corrected chi connectivity index (χ1v) is 9.90. The first-order valence-electron chi connectivity index (χ1n) is 9.90. The molecule has 30 heavy (non-hydrogen) atoms. The predicted octanol–water partition coefficient (Wildman–Crippen LogP) is 7.29. The largest absolute Gasteiger partial charge is 0.662 e. The second-order valence-electron chi connectivity index (χ2n) is 8.31. The van der Waals surface area contributed by atoms with Crippen molar-refractivity contribution in [2.45, 2.75) is 76.3 Å². The predicted molar refractivity (Wildman–Crippen MR) is 125 cm³/mol. The second kappa shape index (κ2) is 9.10. The van der Waals surface area contributed by atoms with E-state index in [2.05, 4.69) is 66.9 Å². The maximum atomic E-state index is 12.2. The van der Waals surface area contributed by atoms with Crippen molar-refractivity contribution in [3.05, 3.63) is 73.1 Å². The Kier molecular flexibility index (Phi) is 7.94. The summed E-state index contributed by atoms with van der Waals surface area (Å²) in [6.07, 6.45) is 0. The molecule has 0 fully saturated rings. The van der Waals surface area contributed by atoms with Gasteiger partial charge in [-0.2, -0.15) is 0 Å². The molecule has 0 spiro atoms. The van der Waals surface area contributed by atoms with Crippen LogP contribution >= 0.6 is 0 Å². The van der Waals surface area contributed by atoms with E-state index in [4.69, 9.17) is 5.73 Å². The monoisotopic (exact) mass is 575 g/mol. The van der Waals surface area contributed by atoms with Gasteiger partial charge in [-0.25, -0.2) is 0 Å². The number of rotatable bonds is 3. The number of aromatic nitrogens is 1. The van der Waals surface area contributed by atoms with Gasteiger partial charge in [0.25, 0.3) is 0 Å². The third kappa shape index (κ3) is 3.78. The van der Waals surface area contributed by atoms with Gasteiger partial charge < -0.3 is 15.1 Å². The number of nitrogens with zero attached hydrogens (tertiary/aromatic N) is 1. The van der Waals surface area contributed by atoms with Crippen molar-refractivity contribution >= 4 is 16.8 Å². The fraction of sp³-hybridized carbons (Fsp3) is 0.423. The Hall–Kier alpha value is -1.86. The first kappa shape index (κ1) is 26.2. The molecule has 0 radical (unpaired) electrons. The molecular weight excluding hydrogens is 540 g/mol. The van der Waals surface area contributed by atoms with Crippen LogP contribution in [0.25, 0.3) is 16.6 Å². The minimum absolute atomic E-state index is 0. The zero-order valence-corrected chi connectivity index (χ0v) is 22.0. The average molecular weight is 575 g/mol. The van der Waals surface area contributed by atoms with Crippen LogP contribution in [0.2, 0.25) is 0 Å². The van der Waals surface area contributed by atoms with E-state index in [-0.39, 0.29) is 28.5 Å². The van der Waals surface area contributed by atoms with Gasteiger partial charge >= 0.3 is 0 Å². The molecule has 0 bridgehead atoms. The molecule has 0 saturated heterocycles. The van der Waals surface area contributed by atoms with Gasteiger partial charge in [0, 0.05) is 33.0 Å². The fourth-order valence-corrected chi connectivity index (χ4v) is 4.51. The second-order valence-corrected chi connectivity index (χ2v) is 8.31. The van der Waals surface area contributed by atoms with Gasteiger partial charge in [-0.15, -0.1) is 0 Å². The van der Waals surface area contributed by atoms with E-state index in [1.807, 2.05) is 6.07 Å². The molecule has 4 heteroatoms. The molecular formula is C26H35N2OW-. The fourth-order valence-electron chi connectivity index (χ4n) is 4.51. The number of hydrogen-bond donors (Lipinski definition) is 0. The zero-order chi connectivity index (χ0) is 21.1. The number of hydrogen-bond acceptors (Lipinski definition) is 1. The van der Waals surface area contributed by atoms with Crippen LogP contribution in [-0.2, 0) is 27.6 Å². The smallest absolute Gasteiger partial charge is 0.0964 e. The van der Waals surface area contributed by atoms with Gasteiger partial charge in [-0.3, -0.25) is 0 Å². The Bertz CT molecular complexity index is 1120. The number of fused-ring (bicyclic) bond motifs is 1. The molecule has 162 valence electrons. The minimum Gasteiger partial charge on any atom is -0.662 e. The van der Waals surface area contributed by atoms with Crippen molar-refractivity contribution in [3.8, 4) is 0 Å². The van der Waals surface area contributed by atoms with Crippen LogP contribution in [0, 0.1) is 62.3 Å². The Labute approximate surface area is 196 Å². The Morgan fingerprint density at radius 2 is 1.13 bits per heavy atom. The Balaban J connectivity index is 0.00000225. The maximum absolute atomic E-state index is 12.2. The molecule has 0 unspecified atom stereocenters. The summed E-state index contributed by atoms with van der Waals surface area (Å²) >= 11 is 0. The number of benzene rings is 2. The number of carbonyl (C=O) groups is 1. The molecule has 0 saturated carbocycles. The number of amides is 1. The van der Waals surface area contributed by atoms with Crippen molar-refractivity contribution in [2.24, 2.45) is 0 Å². The third-order valence-electron chi connectivity index (χ3n) is 7.25. The topological polar surface area (TPSA) is 45.8 Å². The summed E-state index contributed by atoms with van der Waals surface area (Å²) in [6.45, 7) is 20.0. The molecule has 1 heterocycles. The molecule has 0 atom stereocenters. The van der Waals surface area contributed by atoms with Crippen LogP contribution in [0.4, 0.5) is 0 Å². The molecule has 2 aromatic carbocycles. The van der Waals surface area contributed by atoms with Crippen molar-refractivity contribution < 1.29 is 25.9 Å². The van der Waals surface area contributed by atoms with E-state index in [9.17, 15) is 4.79 Å².